The van der Waals surface area contributed by atoms with Crippen molar-refractivity contribution >= 4 is 34.8 Å². The predicted molar refractivity (Wildman–Crippen MR) is 106 cm³/mol. The van der Waals surface area contributed by atoms with E-state index in [4.69, 9.17) is 11.6 Å². The Kier molecular flexibility index (Phi) is 5.33. The van der Waals surface area contributed by atoms with Crippen LogP contribution in [0.3, 0.4) is 0 Å². The van der Waals surface area contributed by atoms with Gasteiger partial charge in [0, 0.05) is 29.4 Å². The first-order chi connectivity index (χ1) is 12.4. The van der Waals surface area contributed by atoms with Crippen molar-refractivity contribution in [3.63, 3.8) is 0 Å². The molecule has 1 unspecified atom stereocenters. The van der Waals surface area contributed by atoms with Crippen LogP contribution in [0.4, 0.5) is 11.4 Å². The summed E-state index contributed by atoms with van der Waals surface area (Å²) in [6, 6.07) is 11.5. The van der Waals surface area contributed by atoms with Gasteiger partial charge in [-0.1, -0.05) is 42.8 Å². The lowest BCUT2D eigenvalue weighted by molar-refractivity contribution is -0.122. The number of anilines is 2. The van der Waals surface area contributed by atoms with Crippen molar-refractivity contribution < 1.29 is 9.59 Å². The molecule has 2 aromatic rings. The van der Waals surface area contributed by atoms with Gasteiger partial charge < -0.3 is 10.2 Å². The molecular weight excluding hydrogens is 348 g/mol. The Labute approximate surface area is 159 Å². The van der Waals surface area contributed by atoms with Crippen molar-refractivity contribution in [1.29, 1.82) is 0 Å². The zero-order valence-electron chi connectivity index (χ0n) is 15.3. The molecular formula is C21H23ClN2O2. The second-order valence-corrected chi connectivity index (χ2v) is 7.22. The van der Waals surface area contributed by atoms with E-state index in [2.05, 4.69) is 12.2 Å². The number of amides is 2. The number of nitrogens with one attached hydrogen (secondary N) is 1. The topological polar surface area (TPSA) is 49.4 Å². The van der Waals surface area contributed by atoms with Crippen LogP contribution in [0.5, 0.6) is 0 Å². The molecule has 5 heteroatoms. The van der Waals surface area contributed by atoms with Crippen LogP contribution in [-0.4, -0.2) is 18.4 Å². The summed E-state index contributed by atoms with van der Waals surface area (Å²) >= 11 is 6.08. The van der Waals surface area contributed by atoms with Gasteiger partial charge in [-0.2, -0.15) is 0 Å². The van der Waals surface area contributed by atoms with Crippen LogP contribution in [-0.2, 0) is 16.0 Å². The molecule has 3 rings (SSSR count). The fourth-order valence-corrected chi connectivity index (χ4v) is 3.58. The van der Waals surface area contributed by atoms with Crippen molar-refractivity contribution in [1.82, 2.24) is 0 Å². The minimum absolute atomic E-state index is 0.0454. The highest BCUT2D eigenvalue weighted by atomic mass is 35.5. The molecule has 0 radical (unpaired) electrons. The standard InChI is InChI=1S/C21H23ClN2O2/c1-4-15-7-5-6-14(3)20(15)23-21(26)16-10-19(25)24(12-16)18-11-17(22)9-8-13(18)2/h5-9,11,16H,4,10,12H2,1-3H3,(H,23,26). The normalized spacial score (nSPS) is 16.8. The lowest BCUT2D eigenvalue weighted by Crippen LogP contribution is -2.29. The summed E-state index contributed by atoms with van der Waals surface area (Å²) in [5.41, 5.74) is 4.75. The third-order valence-electron chi connectivity index (χ3n) is 4.95. The molecule has 0 saturated carbocycles. The molecule has 1 fully saturated rings. The Balaban J connectivity index is 1.79. The molecule has 0 spiro atoms. The van der Waals surface area contributed by atoms with Crippen molar-refractivity contribution in [2.75, 3.05) is 16.8 Å². The number of hydrogen-bond acceptors (Lipinski definition) is 2. The molecule has 2 amide bonds. The van der Waals surface area contributed by atoms with Gasteiger partial charge >= 0.3 is 0 Å². The first-order valence-corrected chi connectivity index (χ1v) is 9.24. The van der Waals surface area contributed by atoms with E-state index >= 15 is 0 Å². The second kappa shape index (κ2) is 7.50. The molecule has 0 bridgehead atoms. The van der Waals surface area contributed by atoms with Crippen molar-refractivity contribution in [2.45, 2.75) is 33.6 Å². The van der Waals surface area contributed by atoms with E-state index in [0.717, 1.165) is 34.5 Å². The van der Waals surface area contributed by atoms with Crippen LogP contribution in [0.2, 0.25) is 5.02 Å². The molecule has 2 aromatic carbocycles. The highest BCUT2D eigenvalue weighted by Gasteiger charge is 2.36. The Morgan fingerprint density at radius 1 is 1.23 bits per heavy atom. The molecule has 136 valence electrons. The Morgan fingerprint density at radius 3 is 2.73 bits per heavy atom. The number of carbonyl (C=O) groups excluding carboxylic acids is 2. The highest BCUT2D eigenvalue weighted by Crippen LogP contribution is 2.31. The lowest BCUT2D eigenvalue weighted by Gasteiger charge is -2.20. The first kappa shape index (κ1) is 18.5. The maximum absolute atomic E-state index is 12.8. The molecule has 26 heavy (non-hydrogen) atoms. The van der Waals surface area contributed by atoms with E-state index in [1.807, 2.05) is 38.1 Å². The van der Waals surface area contributed by atoms with Crippen LogP contribution in [0.1, 0.15) is 30.0 Å². The number of para-hydroxylation sites is 1. The average molecular weight is 371 g/mol. The summed E-state index contributed by atoms with van der Waals surface area (Å²) in [6.45, 7) is 6.36. The third kappa shape index (κ3) is 3.61. The van der Waals surface area contributed by atoms with Crippen molar-refractivity contribution in [3.05, 3.63) is 58.1 Å². The molecule has 1 saturated heterocycles. The number of nitrogens with zero attached hydrogens (tertiary/aromatic N) is 1. The monoisotopic (exact) mass is 370 g/mol. The van der Waals surface area contributed by atoms with Crippen molar-refractivity contribution in [3.8, 4) is 0 Å². The van der Waals surface area contributed by atoms with Gasteiger partial charge in [0.05, 0.1) is 5.92 Å². The van der Waals surface area contributed by atoms with Gasteiger partial charge in [-0.25, -0.2) is 0 Å². The van der Waals surface area contributed by atoms with Gasteiger partial charge in [-0.05, 0) is 49.1 Å². The molecule has 1 N–H and O–H groups in total. The summed E-state index contributed by atoms with van der Waals surface area (Å²) in [7, 11) is 0. The minimum atomic E-state index is -0.370. The third-order valence-corrected chi connectivity index (χ3v) is 5.18. The Hall–Kier alpha value is -2.33. The van der Waals surface area contributed by atoms with E-state index in [-0.39, 0.29) is 24.2 Å². The first-order valence-electron chi connectivity index (χ1n) is 8.86. The SMILES string of the molecule is CCc1cccc(C)c1NC(=O)C1CC(=O)N(c2cc(Cl)ccc2C)C1. The summed E-state index contributed by atoms with van der Waals surface area (Å²) in [6.07, 6.45) is 1.06. The molecule has 0 aliphatic carbocycles. The van der Waals surface area contributed by atoms with Gasteiger partial charge in [-0.15, -0.1) is 0 Å². The summed E-state index contributed by atoms with van der Waals surface area (Å²) in [5, 5.41) is 3.63. The quantitative estimate of drug-likeness (QED) is 0.860. The molecule has 1 atom stereocenters. The van der Waals surface area contributed by atoms with E-state index < -0.39 is 0 Å². The van der Waals surface area contributed by atoms with Crippen LogP contribution < -0.4 is 10.2 Å². The fraction of sp³-hybridized carbons (Fsp3) is 0.333. The largest absolute Gasteiger partial charge is 0.325 e. The average Bonchev–Trinajstić information content (AvgIpc) is 3.00. The zero-order chi connectivity index (χ0) is 18.8. The van der Waals surface area contributed by atoms with Gasteiger partial charge in [0.15, 0.2) is 0 Å². The number of aryl methyl sites for hydroxylation is 3. The highest BCUT2D eigenvalue weighted by molar-refractivity contribution is 6.31. The Bertz CT molecular complexity index is 863. The number of halogens is 1. The number of carbonyl (C=O) groups is 2. The molecule has 1 aliphatic rings. The van der Waals surface area contributed by atoms with Crippen LogP contribution >= 0.6 is 11.6 Å². The molecule has 4 nitrogen and oxygen atoms in total. The maximum atomic E-state index is 12.8. The van der Waals surface area contributed by atoms with Crippen LogP contribution in [0.25, 0.3) is 0 Å². The van der Waals surface area contributed by atoms with Crippen molar-refractivity contribution in [2.24, 2.45) is 5.92 Å². The fourth-order valence-electron chi connectivity index (χ4n) is 3.42. The number of hydrogen-bond donors (Lipinski definition) is 1. The van der Waals surface area contributed by atoms with Crippen LogP contribution in [0, 0.1) is 19.8 Å². The van der Waals surface area contributed by atoms with Gasteiger partial charge in [0.2, 0.25) is 11.8 Å². The van der Waals surface area contributed by atoms with E-state index in [0.29, 0.717) is 11.6 Å². The summed E-state index contributed by atoms with van der Waals surface area (Å²) in [4.78, 5) is 27.0. The Morgan fingerprint density at radius 2 is 2.00 bits per heavy atom. The summed E-state index contributed by atoms with van der Waals surface area (Å²) < 4.78 is 0. The summed E-state index contributed by atoms with van der Waals surface area (Å²) in [5.74, 6) is -0.522. The maximum Gasteiger partial charge on any atom is 0.229 e. The number of benzene rings is 2. The molecule has 0 aromatic heterocycles. The number of rotatable bonds is 4. The van der Waals surface area contributed by atoms with Gasteiger partial charge in [0.25, 0.3) is 0 Å². The van der Waals surface area contributed by atoms with Gasteiger partial charge in [0.1, 0.15) is 0 Å². The minimum Gasteiger partial charge on any atom is -0.325 e. The zero-order valence-corrected chi connectivity index (χ0v) is 16.1. The van der Waals surface area contributed by atoms with Crippen LogP contribution in [0.15, 0.2) is 36.4 Å². The van der Waals surface area contributed by atoms with E-state index in [9.17, 15) is 9.59 Å². The molecule has 1 aliphatic heterocycles. The predicted octanol–water partition coefficient (Wildman–Crippen LogP) is 4.51. The second-order valence-electron chi connectivity index (χ2n) is 6.79. The lowest BCUT2D eigenvalue weighted by atomic mass is 10.0. The van der Waals surface area contributed by atoms with E-state index in [1.165, 1.54) is 0 Å². The van der Waals surface area contributed by atoms with Gasteiger partial charge in [-0.3, -0.25) is 9.59 Å². The van der Waals surface area contributed by atoms with E-state index in [1.54, 1.807) is 17.0 Å². The smallest absolute Gasteiger partial charge is 0.229 e. The molecule has 1 heterocycles.